The van der Waals surface area contributed by atoms with Gasteiger partial charge in [0.2, 0.25) is 0 Å². The largest absolute Gasteiger partial charge is 0.391 e. The van der Waals surface area contributed by atoms with Gasteiger partial charge in [-0.1, -0.05) is 13.0 Å². The SMILES string of the molecule is C=CCN.CCCNCC(O)CCl. The van der Waals surface area contributed by atoms with Crippen molar-refractivity contribution in [1.29, 1.82) is 0 Å². The number of aliphatic hydroxyl groups is 1. The van der Waals surface area contributed by atoms with Crippen LogP contribution in [0.5, 0.6) is 0 Å². The summed E-state index contributed by atoms with van der Waals surface area (Å²) < 4.78 is 0. The van der Waals surface area contributed by atoms with Crippen LogP contribution in [0.2, 0.25) is 0 Å². The zero-order valence-electron chi connectivity index (χ0n) is 8.30. The van der Waals surface area contributed by atoms with E-state index in [1.165, 1.54) is 0 Å². The summed E-state index contributed by atoms with van der Waals surface area (Å²) in [6.07, 6.45) is 2.35. The van der Waals surface area contributed by atoms with Crippen LogP contribution in [0.15, 0.2) is 12.7 Å². The summed E-state index contributed by atoms with van der Waals surface area (Å²) in [5, 5.41) is 11.9. The Morgan fingerprint density at radius 3 is 2.54 bits per heavy atom. The molecule has 0 aliphatic heterocycles. The van der Waals surface area contributed by atoms with Crippen molar-refractivity contribution in [2.75, 3.05) is 25.5 Å². The lowest BCUT2D eigenvalue weighted by Crippen LogP contribution is -2.28. The van der Waals surface area contributed by atoms with Gasteiger partial charge in [-0.3, -0.25) is 0 Å². The van der Waals surface area contributed by atoms with Gasteiger partial charge in [0.15, 0.2) is 0 Å². The molecule has 0 rings (SSSR count). The first-order valence-corrected chi connectivity index (χ1v) is 5.02. The van der Waals surface area contributed by atoms with Crippen LogP contribution in [0, 0.1) is 0 Å². The van der Waals surface area contributed by atoms with Crippen molar-refractivity contribution in [3.8, 4) is 0 Å². The van der Waals surface area contributed by atoms with Gasteiger partial charge >= 0.3 is 0 Å². The molecule has 0 saturated carbocycles. The third-order valence-electron chi connectivity index (χ3n) is 1.15. The fourth-order valence-corrected chi connectivity index (χ4v) is 0.609. The van der Waals surface area contributed by atoms with Crippen molar-refractivity contribution in [1.82, 2.24) is 5.32 Å². The minimum absolute atomic E-state index is 0.316. The molecule has 0 amide bonds. The van der Waals surface area contributed by atoms with Crippen LogP contribution in [0.25, 0.3) is 0 Å². The van der Waals surface area contributed by atoms with Crippen LogP contribution in [0.1, 0.15) is 13.3 Å². The standard InChI is InChI=1S/C6H14ClNO.C3H7N/c1-2-3-8-5-6(9)4-7;1-2-3-4/h6,8-9H,2-5H2,1H3;2H,1,3-4H2. The Labute approximate surface area is 86.0 Å². The molecule has 0 radical (unpaired) electrons. The average molecular weight is 209 g/mol. The van der Waals surface area contributed by atoms with Crippen LogP contribution >= 0.6 is 11.6 Å². The van der Waals surface area contributed by atoms with E-state index >= 15 is 0 Å². The van der Waals surface area contributed by atoms with E-state index in [1.807, 2.05) is 0 Å². The lowest BCUT2D eigenvalue weighted by molar-refractivity contribution is 0.195. The molecule has 0 aliphatic rings. The summed E-state index contributed by atoms with van der Waals surface area (Å²) in [5.41, 5.74) is 4.91. The van der Waals surface area contributed by atoms with E-state index in [2.05, 4.69) is 18.8 Å². The highest BCUT2D eigenvalue weighted by Crippen LogP contribution is 1.84. The highest BCUT2D eigenvalue weighted by atomic mass is 35.5. The van der Waals surface area contributed by atoms with E-state index in [4.69, 9.17) is 22.4 Å². The third-order valence-corrected chi connectivity index (χ3v) is 1.51. The van der Waals surface area contributed by atoms with Crippen molar-refractivity contribution >= 4 is 11.6 Å². The summed E-state index contributed by atoms with van der Waals surface area (Å²) in [6.45, 7) is 7.58. The molecule has 0 saturated heterocycles. The molecule has 0 aliphatic carbocycles. The van der Waals surface area contributed by atoms with Crippen LogP contribution in [-0.2, 0) is 0 Å². The molecule has 80 valence electrons. The number of nitrogens with one attached hydrogen (secondary N) is 1. The molecular weight excluding hydrogens is 188 g/mol. The Kier molecular flexibility index (Phi) is 17.1. The molecular formula is C9H21ClN2O. The van der Waals surface area contributed by atoms with Gasteiger partial charge in [0.05, 0.1) is 6.10 Å². The van der Waals surface area contributed by atoms with Crippen molar-refractivity contribution < 1.29 is 5.11 Å². The van der Waals surface area contributed by atoms with E-state index in [0.717, 1.165) is 13.0 Å². The maximum absolute atomic E-state index is 8.89. The van der Waals surface area contributed by atoms with E-state index < -0.39 is 6.10 Å². The molecule has 0 bridgehead atoms. The van der Waals surface area contributed by atoms with Crippen LogP contribution in [-0.4, -0.2) is 36.7 Å². The minimum atomic E-state index is -0.391. The summed E-state index contributed by atoms with van der Waals surface area (Å²) in [6, 6.07) is 0. The monoisotopic (exact) mass is 208 g/mol. The molecule has 3 nitrogen and oxygen atoms in total. The quantitative estimate of drug-likeness (QED) is 0.343. The van der Waals surface area contributed by atoms with E-state index in [0.29, 0.717) is 19.0 Å². The lowest BCUT2D eigenvalue weighted by atomic mass is 10.4. The van der Waals surface area contributed by atoms with Crippen LogP contribution in [0.4, 0.5) is 0 Å². The van der Waals surface area contributed by atoms with Gasteiger partial charge in [-0.15, -0.1) is 18.2 Å². The zero-order chi connectivity index (χ0) is 10.5. The van der Waals surface area contributed by atoms with Gasteiger partial charge in [0.1, 0.15) is 0 Å². The lowest BCUT2D eigenvalue weighted by Gasteiger charge is -2.06. The van der Waals surface area contributed by atoms with Gasteiger partial charge in [-0.2, -0.15) is 0 Å². The molecule has 1 unspecified atom stereocenters. The van der Waals surface area contributed by atoms with E-state index in [1.54, 1.807) is 6.08 Å². The predicted molar refractivity (Wildman–Crippen MR) is 59.1 cm³/mol. The number of aliphatic hydroxyl groups excluding tert-OH is 1. The number of halogens is 1. The number of hydrogen-bond donors (Lipinski definition) is 3. The zero-order valence-corrected chi connectivity index (χ0v) is 9.06. The van der Waals surface area contributed by atoms with E-state index in [-0.39, 0.29) is 0 Å². The Morgan fingerprint density at radius 1 is 1.69 bits per heavy atom. The fraction of sp³-hybridized carbons (Fsp3) is 0.778. The second-order valence-electron chi connectivity index (χ2n) is 2.54. The normalized spacial score (nSPS) is 11.4. The van der Waals surface area contributed by atoms with Crippen molar-refractivity contribution in [2.45, 2.75) is 19.4 Å². The first-order valence-electron chi connectivity index (χ1n) is 4.48. The van der Waals surface area contributed by atoms with Gasteiger partial charge in [-0.05, 0) is 13.0 Å². The Balaban J connectivity index is 0. The summed E-state index contributed by atoms with van der Waals surface area (Å²) >= 11 is 5.34. The molecule has 0 fully saturated rings. The highest BCUT2D eigenvalue weighted by Gasteiger charge is 1.97. The van der Waals surface area contributed by atoms with Gasteiger partial charge < -0.3 is 16.2 Å². The van der Waals surface area contributed by atoms with Crippen molar-refractivity contribution in [3.63, 3.8) is 0 Å². The molecule has 0 aromatic rings. The molecule has 0 heterocycles. The molecule has 0 spiro atoms. The van der Waals surface area contributed by atoms with Gasteiger partial charge in [0, 0.05) is 19.0 Å². The Bertz CT molecular complexity index is 102. The Morgan fingerprint density at radius 2 is 2.23 bits per heavy atom. The smallest absolute Gasteiger partial charge is 0.0799 e. The van der Waals surface area contributed by atoms with Gasteiger partial charge in [0.25, 0.3) is 0 Å². The molecule has 0 aromatic carbocycles. The maximum Gasteiger partial charge on any atom is 0.0799 e. The van der Waals surface area contributed by atoms with Gasteiger partial charge in [-0.25, -0.2) is 0 Å². The second-order valence-corrected chi connectivity index (χ2v) is 2.85. The number of hydrogen-bond acceptors (Lipinski definition) is 3. The summed E-state index contributed by atoms with van der Waals surface area (Å²) in [4.78, 5) is 0. The third kappa shape index (κ3) is 18.7. The van der Waals surface area contributed by atoms with Crippen molar-refractivity contribution in [2.24, 2.45) is 5.73 Å². The molecule has 4 heteroatoms. The minimum Gasteiger partial charge on any atom is -0.391 e. The molecule has 0 aromatic heterocycles. The van der Waals surface area contributed by atoms with Crippen LogP contribution < -0.4 is 11.1 Å². The predicted octanol–water partition coefficient (Wildman–Crippen LogP) is 0.717. The number of nitrogens with two attached hydrogens (primary N) is 1. The first kappa shape index (κ1) is 15.4. The topological polar surface area (TPSA) is 58.3 Å². The maximum atomic E-state index is 8.89. The first-order chi connectivity index (χ1) is 6.22. The molecule has 1 atom stereocenters. The van der Waals surface area contributed by atoms with Crippen molar-refractivity contribution in [3.05, 3.63) is 12.7 Å². The molecule has 13 heavy (non-hydrogen) atoms. The number of rotatable bonds is 6. The number of alkyl halides is 1. The fourth-order valence-electron chi connectivity index (χ4n) is 0.500. The average Bonchev–Trinajstić information content (AvgIpc) is 2.18. The highest BCUT2D eigenvalue weighted by molar-refractivity contribution is 6.18. The summed E-state index contributed by atoms with van der Waals surface area (Å²) in [7, 11) is 0. The Hall–Kier alpha value is -0.0900. The molecule has 4 N–H and O–H groups in total. The van der Waals surface area contributed by atoms with E-state index in [9.17, 15) is 0 Å². The summed E-state index contributed by atoms with van der Waals surface area (Å²) in [5.74, 6) is 0.316. The van der Waals surface area contributed by atoms with Crippen LogP contribution in [0.3, 0.4) is 0 Å². The second kappa shape index (κ2) is 14.4.